The molecule has 2 aromatic carbocycles. The van der Waals surface area contributed by atoms with E-state index in [4.69, 9.17) is 0 Å². The van der Waals surface area contributed by atoms with E-state index in [-0.39, 0.29) is 0 Å². The van der Waals surface area contributed by atoms with Gasteiger partial charge in [0.1, 0.15) is 0 Å². The van der Waals surface area contributed by atoms with Gasteiger partial charge in [-0.05, 0) is 60.6 Å². The summed E-state index contributed by atoms with van der Waals surface area (Å²) in [5.41, 5.74) is 5.11. The standard InChI is InChI=1S/C27H35N3O2S/c31-33(32,21-14-23-6-2-1-3-7-23)30-19-17-29(18-20-30)27-11-10-24-12-15-28(16-13-25(24)22-27)26-8-4-5-9-26/h1-3,6-7,10-11,14,21-22,26H,4-5,8-9,12-13,15-20H2/b21-14+. The van der Waals surface area contributed by atoms with E-state index in [2.05, 4.69) is 28.0 Å². The van der Waals surface area contributed by atoms with E-state index in [9.17, 15) is 8.42 Å². The number of fused-ring (bicyclic) bond motifs is 1. The van der Waals surface area contributed by atoms with Crippen LogP contribution in [0, 0.1) is 0 Å². The predicted molar refractivity (Wildman–Crippen MR) is 136 cm³/mol. The summed E-state index contributed by atoms with van der Waals surface area (Å²) in [6, 6.07) is 17.3. The van der Waals surface area contributed by atoms with Gasteiger partial charge in [-0.1, -0.05) is 49.2 Å². The molecule has 5 nitrogen and oxygen atoms in total. The van der Waals surface area contributed by atoms with Gasteiger partial charge in [0.25, 0.3) is 0 Å². The third kappa shape index (κ3) is 5.34. The molecule has 0 N–H and O–H groups in total. The lowest BCUT2D eigenvalue weighted by atomic mass is 10.0. The van der Waals surface area contributed by atoms with Crippen LogP contribution in [-0.2, 0) is 22.9 Å². The Labute approximate surface area is 198 Å². The lowest BCUT2D eigenvalue weighted by Gasteiger charge is -2.35. The summed E-state index contributed by atoms with van der Waals surface area (Å²) in [4.78, 5) is 5.06. The second kappa shape index (κ2) is 10.00. The molecule has 0 radical (unpaired) electrons. The molecular formula is C27H35N3O2S. The molecule has 0 bridgehead atoms. The van der Waals surface area contributed by atoms with Crippen LogP contribution in [0.15, 0.2) is 53.9 Å². The molecule has 3 aliphatic rings. The Morgan fingerprint density at radius 1 is 0.788 bits per heavy atom. The molecule has 5 rings (SSSR count). The van der Waals surface area contributed by atoms with Crippen LogP contribution < -0.4 is 4.90 Å². The van der Waals surface area contributed by atoms with Gasteiger partial charge in [0.2, 0.25) is 10.0 Å². The van der Waals surface area contributed by atoms with Crippen LogP contribution in [0.3, 0.4) is 0 Å². The molecule has 33 heavy (non-hydrogen) atoms. The topological polar surface area (TPSA) is 43.9 Å². The molecular weight excluding hydrogens is 430 g/mol. The summed E-state index contributed by atoms with van der Waals surface area (Å²) in [5.74, 6) is 0. The van der Waals surface area contributed by atoms with Crippen molar-refractivity contribution in [2.75, 3.05) is 44.2 Å². The third-order valence-electron chi connectivity index (χ3n) is 7.56. The van der Waals surface area contributed by atoms with E-state index >= 15 is 0 Å². The van der Waals surface area contributed by atoms with Crippen molar-refractivity contribution in [2.45, 2.75) is 44.6 Å². The SMILES string of the molecule is O=S(=O)(/C=C/c1ccccc1)N1CCN(c2ccc3c(c2)CCN(C2CCCC2)CC3)CC1. The second-order valence-electron chi connectivity index (χ2n) is 9.57. The monoisotopic (exact) mass is 465 g/mol. The fourth-order valence-corrected chi connectivity index (χ4v) is 6.75. The number of benzene rings is 2. The molecule has 0 aromatic heterocycles. The summed E-state index contributed by atoms with van der Waals surface area (Å²) in [6.07, 6.45) is 9.47. The van der Waals surface area contributed by atoms with Crippen LogP contribution >= 0.6 is 0 Å². The molecule has 176 valence electrons. The molecule has 0 spiro atoms. The summed E-state index contributed by atoms with van der Waals surface area (Å²) < 4.78 is 27.2. The van der Waals surface area contributed by atoms with Crippen molar-refractivity contribution in [1.29, 1.82) is 0 Å². The highest BCUT2D eigenvalue weighted by Gasteiger charge is 2.27. The van der Waals surface area contributed by atoms with Gasteiger partial charge in [0.05, 0.1) is 0 Å². The first-order valence-electron chi connectivity index (χ1n) is 12.4. The summed E-state index contributed by atoms with van der Waals surface area (Å²) in [5, 5.41) is 1.34. The zero-order valence-electron chi connectivity index (χ0n) is 19.4. The molecule has 0 atom stereocenters. The minimum Gasteiger partial charge on any atom is -0.369 e. The first-order chi connectivity index (χ1) is 16.1. The van der Waals surface area contributed by atoms with Crippen molar-refractivity contribution < 1.29 is 8.42 Å². The quantitative estimate of drug-likeness (QED) is 0.665. The van der Waals surface area contributed by atoms with Crippen LogP contribution in [0.1, 0.15) is 42.4 Å². The van der Waals surface area contributed by atoms with Crippen molar-refractivity contribution in [3.63, 3.8) is 0 Å². The smallest absolute Gasteiger partial charge is 0.236 e. The van der Waals surface area contributed by atoms with Crippen LogP contribution in [0.25, 0.3) is 6.08 Å². The summed E-state index contributed by atoms with van der Waals surface area (Å²) in [6.45, 7) is 4.85. The van der Waals surface area contributed by atoms with Crippen molar-refractivity contribution in [2.24, 2.45) is 0 Å². The average Bonchev–Trinajstić information content (AvgIpc) is 3.31. The highest BCUT2D eigenvalue weighted by atomic mass is 32.2. The van der Waals surface area contributed by atoms with Crippen LogP contribution in [-0.4, -0.2) is 62.9 Å². The van der Waals surface area contributed by atoms with Crippen LogP contribution in [0.4, 0.5) is 5.69 Å². The number of piperazine rings is 1. The van der Waals surface area contributed by atoms with Crippen molar-refractivity contribution in [3.05, 3.63) is 70.6 Å². The van der Waals surface area contributed by atoms with E-state index in [1.807, 2.05) is 30.3 Å². The average molecular weight is 466 g/mol. The van der Waals surface area contributed by atoms with Gasteiger partial charge in [-0.15, -0.1) is 0 Å². The normalized spacial score (nSPS) is 21.4. The molecule has 2 aromatic rings. The fourth-order valence-electron chi connectivity index (χ4n) is 5.58. The van der Waals surface area contributed by atoms with Gasteiger partial charge in [-0.25, -0.2) is 8.42 Å². The van der Waals surface area contributed by atoms with Crippen molar-refractivity contribution in [3.8, 4) is 0 Å². The number of sulfonamides is 1. The third-order valence-corrected chi connectivity index (χ3v) is 9.13. The lowest BCUT2D eigenvalue weighted by molar-refractivity contribution is 0.208. The number of rotatable bonds is 5. The maximum Gasteiger partial charge on any atom is 0.236 e. The molecule has 1 saturated carbocycles. The predicted octanol–water partition coefficient (Wildman–Crippen LogP) is 4.15. The highest BCUT2D eigenvalue weighted by molar-refractivity contribution is 7.92. The zero-order valence-corrected chi connectivity index (χ0v) is 20.2. The van der Waals surface area contributed by atoms with E-state index in [1.54, 1.807) is 10.4 Å². The maximum atomic E-state index is 12.8. The number of hydrogen-bond donors (Lipinski definition) is 0. The Hall–Kier alpha value is -2.15. The van der Waals surface area contributed by atoms with Crippen molar-refractivity contribution in [1.82, 2.24) is 9.21 Å². The largest absolute Gasteiger partial charge is 0.369 e. The fraction of sp³-hybridized carbons (Fsp3) is 0.481. The molecule has 0 amide bonds. The number of nitrogens with zero attached hydrogens (tertiary/aromatic N) is 3. The number of hydrogen-bond acceptors (Lipinski definition) is 4. The second-order valence-corrected chi connectivity index (χ2v) is 11.4. The molecule has 2 heterocycles. The van der Waals surface area contributed by atoms with Gasteiger partial charge in [-0.2, -0.15) is 4.31 Å². The summed E-state index contributed by atoms with van der Waals surface area (Å²) >= 11 is 0. The minimum absolute atomic E-state index is 0.522. The first kappa shape index (κ1) is 22.6. The van der Waals surface area contributed by atoms with Gasteiger partial charge in [0, 0.05) is 56.4 Å². The van der Waals surface area contributed by atoms with Gasteiger partial charge in [0.15, 0.2) is 0 Å². The molecule has 1 aliphatic carbocycles. The first-order valence-corrected chi connectivity index (χ1v) is 13.9. The van der Waals surface area contributed by atoms with E-state index < -0.39 is 10.0 Å². The molecule has 2 fully saturated rings. The van der Waals surface area contributed by atoms with E-state index in [0.717, 1.165) is 37.5 Å². The van der Waals surface area contributed by atoms with Crippen LogP contribution in [0.5, 0.6) is 0 Å². The highest BCUT2D eigenvalue weighted by Crippen LogP contribution is 2.28. The molecule has 1 saturated heterocycles. The Bertz CT molecular complexity index is 1070. The van der Waals surface area contributed by atoms with Gasteiger partial charge < -0.3 is 4.90 Å². The van der Waals surface area contributed by atoms with E-state index in [1.165, 1.54) is 61.0 Å². The Kier molecular flexibility index (Phi) is 6.86. The van der Waals surface area contributed by atoms with Crippen LogP contribution in [0.2, 0.25) is 0 Å². The van der Waals surface area contributed by atoms with E-state index in [0.29, 0.717) is 13.1 Å². The molecule has 0 unspecified atom stereocenters. The zero-order chi connectivity index (χ0) is 22.7. The Balaban J connectivity index is 1.20. The number of anilines is 1. The Morgan fingerprint density at radius 2 is 1.48 bits per heavy atom. The minimum atomic E-state index is -3.40. The Morgan fingerprint density at radius 3 is 2.21 bits per heavy atom. The summed E-state index contributed by atoms with van der Waals surface area (Å²) in [7, 11) is -3.40. The van der Waals surface area contributed by atoms with Crippen molar-refractivity contribution >= 4 is 21.8 Å². The molecule has 6 heteroatoms. The maximum absolute atomic E-state index is 12.8. The van der Waals surface area contributed by atoms with Gasteiger partial charge >= 0.3 is 0 Å². The molecule has 2 aliphatic heterocycles. The van der Waals surface area contributed by atoms with Gasteiger partial charge in [-0.3, -0.25) is 4.90 Å². The lowest BCUT2D eigenvalue weighted by Crippen LogP contribution is -2.48.